The third-order valence-electron chi connectivity index (χ3n) is 3.57. The molecule has 0 saturated carbocycles. The van der Waals surface area contributed by atoms with Crippen molar-refractivity contribution in [3.8, 4) is 10.4 Å². The molecular weight excluding hydrogens is 330 g/mol. The molecule has 0 atom stereocenters. The van der Waals surface area contributed by atoms with Crippen LogP contribution < -0.4 is 10.7 Å². The van der Waals surface area contributed by atoms with Crippen LogP contribution in [0.15, 0.2) is 71.8 Å². The third kappa shape index (κ3) is 5.02. The van der Waals surface area contributed by atoms with Crippen molar-refractivity contribution in [2.24, 2.45) is 5.10 Å². The van der Waals surface area contributed by atoms with E-state index in [0.29, 0.717) is 0 Å². The van der Waals surface area contributed by atoms with Crippen LogP contribution in [0.5, 0.6) is 0 Å². The third-order valence-corrected chi connectivity index (χ3v) is 4.64. The smallest absolute Gasteiger partial charge is 0.259 e. The maximum absolute atomic E-state index is 11.8. The number of carbonyl (C=O) groups is 1. The number of amides is 1. The first-order valence-corrected chi connectivity index (χ1v) is 8.80. The Morgan fingerprint density at radius 2 is 1.80 bits per heavy atom. The van der Waals surface area contributed by atoms with Crippen LogP contribution in [-0.4, -0.2) is 18.7 Å². The quantitative estimate of drug-likeness (QED) is 0.515. The molecule has 2 aromatic carbocycles. The second-order valence-corrected chi connectivity index (χ2v) is 6.70. The number of nitrogens with one attached hydrogen (secondary N) is 2. The molecule has 0 aliphatic heterocycles. The number of aryl methyl sites for hydroxylation is 1. The molecule has 0 bridgehead atoms. The van der Waals surface area contributed by atoms with Gasteiger partial charge in [-0.15, -0.1) is 11.3 Å². The van der Waals surface area contributed by atoms with E-state index in [9.17, 15) is 4.79 Å². The van der Waals surface area contributed by atoms with Gasteiger partial charge in [0.05, 0.1) is 12.8 Å². The van der Waals surface area contributed by atoms with Crippen molar-refractivity contribution in [1.82, 2.24) is 5.43 Å². The molecular formula is C20H19N3OS. The summed E-state index contributed by atoms with van der Waals surface area (Å²) in [6.45, 7) is 2.21. The lowest BCUT2D eigenvalue weighted by atomic mass is 10.2. The summed E-state index contributed by atoms with van der Waals surface area (Å²) in [5.74, 6) is -0.184. The normalized spacial score (nSPS) is 10.8. The van der Waals surface area contributed by atoms with Crippen LogP contribution in [0.2, 0.25) is 0 Å². The van der Waals surface area contributed by atoms with E-state index in [4.69, 9.17) is 0 Å². The molecule has 0 fully saturated rings. The van der Waals surface area contributed by atoms with Gasteiger partial charge in [-0.05, 0) is 36.8 Å². The van der Waals surface area contributed by atoms with E-state index in [0.717, 1.165) is 10.6 Å². The highest BCUT2D eigenvalue weighted by atomic mass is 32.1. The molecule has 1 aromatic heterocycles. The van der Waals surface area contributed by atoms with Crippen LogP contribution in [0, 0.1) is 6.92 Å². The highest BCUT2D eigenvalue weighted by Crippen LogP contribution is 2.26. The molecule has 3 aromatic rings. The van der Waals surface area contributed by atoms with Gasteiger partial charge in [0.15, 0.2) is 0 Å². The van der Waals surface area contributed by atoms with E-state index in [-0.39, 0.29) is 12.5 Å². The minimum Gasteiger partial charge on any atom is -0.376 e. The van der Waals surface area contributed by atoms with Gasteiger partial charge < -0.3 is 5.32 Å². The highest BCUT2D eigenvalue weighted by molar-refractivity contribution is 7.17. The van der Waals surface area contributed by atoms with Crippen LogP contribution in [0.1, 0.15) is 10.4 Å². The van der Waals surface area contributed by atoms with E-state index in [2.05, 4.69) is 34.0 Å². The number of hydrogen-bond acceptors (Lipinski definition) is 4. The fourth-order valence-corrected chi connectivity index (χ4v) is 3.13. The van der Waals surface area contributed by atoms with E-state index in [1.54, 1.807) is 17.6 Å². The second-order valence-electron chi connectivity index (χ2n) is 5.58. The topological polar surface area (TPSA) is 53.5 Å². The van der Waals surface area contributed by atoms with Crippen molar-refractivity contribution >= 4 is 29.1 Å². The zero-order chi connectivity index (χ0) is 17.5. The maximum Gasteiger partial charge on any atom is 0.259 e. The van der Waals surface area contributed by atoms with Crippen molar-refractivity contribution in [2.45, 2.75) is 6.92 Å². The maximum atomic E-state index is 11.8. The Labute approximate surface area is 151 Å². The van der Waals surface area contributed by atoms with Gasteiger partial charge in [0.2, 0.25) is 0 Å². The van der Waals surface area contributed by atoms with Gasteiger partial charge in [-0.2, -0.15) is 5.10 Å². The van der Waals surface area contributed by atoms with E-state index in [1.807, 2.05) is 55.5 Å². The minimum absolute atomic E-state index is 0.181. The summed E-state index contributed by atoms with van der Waals surface area (Å²) in [6.07, 6.45) is 1.67. The number of benzene rings is 2. The van der Waals surface area contributed by atoms with Gasteiger partial charge in [-0.25, -0.2) is 5.43 Å². The summed E-state index contributed by atoms with van der Waals surface area (Å²) >= 11 is 1.63. The molecule has 0 radical (unpaired) electrons. The minimum atomic E-state index is -0.184. The number of nitrogens with zero attached hydrogens (tertiary/aromatic N) is 1. The second kappa shape index (κ2) is 8.26. The monoisotopic (exact) mass is 349 g/mol. The Morgan fingerprint density at radius 1 is 1.04 bits per heavy atom. The van der Waals surface area contributed by atoms with Crippen LogP contribution in [0.3, 0.4) is 0 Å². The Kier molecular flexibility index (Phi) is 5.59. The molecule has 2 N–H and O–H groups in total. The van der Waals surface area contributed by atoms with Gasteiger partial charge in [-0.3, -0.25) is 4.79 Å². The summed E-state index contributed by atoms with van der Waals surface area (Å²) in [7, 11) is 0. The van der Waals surface area contributed by atoms with E-state index < -0.39 is 0 Å². The molecule has 1 heterocycles. The molecule has 5 heteroatoms. The van der Waals surface area contributed by atoms with Crippen LogP contribution in [0.25, 0.3) is 10.4 Å². The number of hydrogen-bond donors (Lipinski definition) is 2. The largest absolute Gasteiger partial charge is 0.376 e. The Morgan fingerprint density at radius 3 is 2.56 bits per heavy atom. The molecule has 126 valence electrons. The summed E-state index contributed by atoms with van der Waals surface area (Å²) in [6, 6.07) is 22.1. The molecule has 0 aliphatic carbocycles. The first kappa shape index (κ1) is 16.9. The lowest BCUT2D eigenvalue weighted by molar-refractivity contribution is -0.119. The summed E-state index contributed by atoms with van der Waals surface area (Å²) in [5, 5.41) is 7.08. The first-order chi connectivity index (χ1) is 12.2. The van der Waals surface area contributed by atoms with Gasteiger partial charge in [0, 0.05) is 15.4 Å². The molecule has 0 aliphatic rings. The summed E-state index contributed by atoms with van der Waals surface area (Å²) in [4.78, 5) is 14.0. The van der Waals surface area contributed by atoms with Crippen molar-refractivity contribution in [3.05, 3.63) is 77.2 Å². The van der Waals surface area contributed by atoms with Crippen LogP contribution >= 0.6 is 11.3 Å². The van der Waals surface area contributed by atoms with Crippen molar-refractivity contribution < 1.29 is 4.79 Å². The van der Waals surface area contributed by atoms with Gasteiger partial charge in [0.25, 0.3) is 5.91 Å². The SMILES string of the molecule is Cc1ccc(NCC(=O)N/N=C\c2ccc(-c3ccccc3)s2)cc1. The number of carbonyl (C=O) groups excluding carboxylic acids is 1. The van der Waals surface area contributed by atoms with Crippen molar-refractivity contribution in [1.29, 1.82) is 0 Å². The van der Waals surface area contributed by atoms with Crippen LogP contribution in [0.4, 0.5) is 5.69 Å². The molecule has 0 unspecified atom stereocenters. The van der Waals surface area contributed by atoms with Gasteiger partial charge >= 0.3 is 0 Å². The lowest BCUT2D eigenvalue weighted by Gasteiger charge is -2.05. The molecule has 4 nitrogen and oxygen atoms in total. The summed E-state index contributed by atoms with van der Waals surface area (Å²) in [5.41, 5.74) is 5.81. The number of rotatable bonds is 6. The molecule has 25 heavy (non-hydrogen) atoms. The highest BCUT2D eigenvalue weighted by Gasteiger charge is 2.02. The predicted octanol–water partition coefficient (Wildman–Crippen LogP) is 4.29. The molecule has 1 amide bonds. The van der Waals surface area contributed by atoms with E-state index >= 15 is 0 Å². The first-order valence-electron chi connectivity index (χ1n) is 7.98. The average Bonchev–Trinajstić information content (AvgIpc) is 3.11. The van der Waals surface area contributed by atoms with Crippen molar-refractivity contribution in [2.75, 3.05) is 11.9 Å². The van der Waals surface area contributed by atoms with Gasteiger partial charge in [0.1, 0.15) is 0 Å². The van der Waals surface area contributed by atoms with Gasteiger partial charge in [-0.1, -0.05) is 48.0 Å². The zero-order valence-corrected chi connectivity index (χ0v) is 14.7. The predicted molar refractivity (Wildman–Crippen MR) is 105 cm³/mol. The fraction of sp³-hybridized carbons (Fsp3) is 0.100. The van der Waals surface area contributed by atoms with E-state index in [1.165, 1.54) is 16.0 Å². The fourth-order valence-electron chi connectivity index (χ4n) is 2.24. The Hall–Kier alpha value is -2.92. The Bertz CT molecular complexity index is 854. The molecule has 0 spiro atoms. The van der Waals surface area contributed by atoms with Crippen LogP contribution in [-0.2, 0) is 4.79 Å². The molecule has 3 rings (SSSR count). The Balaban J connectivity index is 1.48. The lowest BCUT2D eigenvalue weighted by Crippen LogP contribution is -2.25. The molecule has 0 saturated heterocycles. The number of hydrazone groups is 1. The summed E-state index contributed by atoms with van der Waals surface area (Å²) < 4.78 is 0. The standard InChI is InChI=1S/C20H19N3OS/c1-15-7-9-17(10-8-15)21-14-20(24)23-22-13-18-11-12-19(25-18)16-5-3-2-4-6-16/h2-13,21H,14H2,1H3,(H,23,24)/b22-13-. The van der Waals surface area contributed by atoms with Crippen molar-refractivity contribution in [3.63, 3.8) is 0 Å². The zero-order valence-electron chi connectivity index (χ0n) is 13.9. The average molecular weight is 349 g/mol. The number of thiophene rings is 1. The number of anilines is 1.